The van der Waals surface area contributed by atoms with Crippen molar-refractivity contribution < 1.29 is 14.4 Å². The van der Waals surface area contributed by atoms with Crippen molar-refractivity contribution in [2.24, 2.45) is 5.41 Å². The highest BCUT2D eigenvalue weighted by Gasteiger charge is 2.41. The highest BCUT2D eigenvalue weighted by atomic mass is 16.5. The number of hydrogen-bond acceptors (Lipinski definition) is 4. The molecule has 0 spiro atoms. The Morgan fingerprint density at radius 2 is 2.33 bits per heavy atom. The van der Waals surface area contributed by atoms with Crippen molar-refractivity contribution >= 4 is 5.97 Å². The van der Waals surface area contributed by atoms with Gasteiger partial charge in [-0.05, 0) is 25.8 Å². The molecule has 0 unspecified atom stereocenters. The lowest BCUT2D eigenvalue weighted by Gasteiger charge is -2.39. The van der Waals surface area contributed by atoms with Gasteiger partial charge in [-0.2, -0.15) is 0 Å². The van der Waals surface area contributed by atoms with Gasteiger partial charge in [0.15, 0.2) is 0 Å². The normalized spacial score (nSPS) is 23.6. The van der Waals surface area contributed by atoms with Crippen LogP contribution in [0.3, 0.4) is 0 Å². The Kier molecular flexibility index (Phi) is 5.04. The first-order valence-corrected chi connectivity index (χ1v) is 7.88. The molecule has 1 N–H and O–H groups in total. The summed E-state index contributed by atoms with van der Waals surface area (Å²) in [5.41, 5.74) is 0.314. The number of aliphatic carboxylic acids is 1. The summed E-state index contributed by atoms with van der Waals surface area (Å²) in [4.78, 5) is 13.9. The molecular weight excluding hydrogens is 268 g/mol. The number of carboxylic acid groups (broad SMARTS) is 1. The largest absolute Gasteiger partial charge is 0.481 e. The number of likely N-dealkylation sites (tertiary alicyclic amines) is 1. The van der Waals surface area contributed by atoms with Crippen LogP contribution in [-0.4, -0.2) is 34.2 Å². The van der Waals surface area contributed by atoms with Crippen LogP contribution in [0.2, 0.25) is 0 Å². The molecule has 5 heteroatoms. The molecule has 1 atom stereocenters. The fourth-order valence-corrected chi connectivity index (χ4v) is 3.23. The van der Waals surface area contributed by atoms with Crippen LogP contribution in [0.15, 0.2) is 10.6 Å². The molecular formula is C16H26N2O3. The number of piperidine rings is 1. The van der Waals surface area contributed by atoms with Crippen LogP contribution in [0, 0.1) is 5.41 Å². The van der Waals surface area contributed by atoms with Crippen molar-refractivity contribution in [1.82, 2.24) is 10.1 Å². The second-order valence-electron chi connectivity index (χ2n) is 6.53. The predicted molar refractivity (Wildman–Crippen MR) is 80.1 cm³/mol. The lowest BCUT2D eigenvalue weighted by Crippen LogP contribution is -2.47. The molecule has 1 aromatic heterocycles. The van der Waals surface area contributed by atoms with Crippen molar-refractivity contribution in [3.05, 3.63) is 17.5 Å². The summed E-state index contributed by atoms with van der Waals surface area (Å²) in [6, 6.07) is 1.99. The molecule has 118 valence electrons. The summed E-state index contributed by atoms with van der Waals surface area (Å²) in [6.07, 6.45) is 3.36. The van der Waals surface area contributed by atoms with E-state index in [2.05, 4.69) is 30.8 Å². The molecule has 2 heterocycles. The average Bonchev–Trinajstić information content (AvgIpc) is 2.88. The summed E-state index contributed by atoms with van der Waals surface area (Å²) in [5, 5.41) is 13.7. The Morgan fingerprint density at radius 3 is 2.90 bits per heavy atom. The molecule has 21 heavy (non-hydrogen) atoms. The van der Waals surface area contributed by atoms with E-state index < -0.39 is 11.4 Å². The van der Waals surface area contributed by atoms with E-state index in [0.717, 1.165) is 43.7 Å². The minimum Gasteiger partial charge on any atom is -0.481 e. The van der Waals surface area contributed by atoms with Gasteiger partial charge in [0.05, 0.1) is 11.1 Å². The summed E-state index contributed by atoms with van der Waals surface area (Å²) < 4.78 is 5.32. The second-order valence-corrected chi connectivity index (χ2v) is 6.53. The minimum absolute atomic E-state index is 0.325. The summed E-state index contributed by atoms with van der Waals surface area (Å²) in [6.45, 7) is 8.41. The van der Waals surface area contributed by atoms with E-state index in [0.29, 0.717) is 19.0 Å². The van der Waals surface area contributed by atoms with Gasteiger partial charge in [0.2, 0.25) is 0 Å². The quantitative estimate of drug-likeness (QED) is 0.872. The summed E-state index contributed by atoms with van der Waals surface area (Å²) in [5.74, 6) is 0.558. The standard InChI is InChI=1S/C16H26N2O3/c1-4-6-16(15(19)20)7-5-8-18(11-16)10-13-9-14(12(2)3)21-17-13/h9,12H,4-8,10-11H2,1-3H3,(H,19,20)/t16-/m1/s1. The van der Waals surface area contributed by atoms with Gasteiger partial charge in [0, 0.05) is 25.1 Å². The molecule has 0 bridgehead atoms. The highest BCUT2D eigenvalue weighted by Crippen LogP contribution is 2.35. The topological polar surface area (TPSA) is 66.6 Å². The first kappa shape index (κ1) is 16.0. The van der Waals surface area contributed by atoms with E-state index in [1.807, 2.05) is 6.07 Å². The molecule has 1 aliphatic rings. The van der Waals surface area contributed by atoms with Crippen LogP contribution in [0.5, 0.6) is 0 Å². The molecule has 5 nitrogen and oxygen atoms in total. The van der Waals surface area contributed by atoms with Crippen molar-refractivity contribution in [1.29, 1.82) is 0 Å². The Morgan fingerprint density at radius 1 is 1.57 bits per heavy atom. The van der Waals surface area contributed by atoms with Crippen molar-refractivity contribution in [2.75, 3.05) is 13.1 Å². The molecule has 0 aromatic carbocycles. The summed E-state index contributed by atoms with van der Waals surface area (Å²) >= 11 is 0. The third-order valence-electron chi connectivity index (χ3n) is 4.37. The van der Waals surface area contributed by atoms with Crippen LogP contribution in [-0.2, 0) is 11.3 Å². The Balaban J connectivity index is 2.04. The molecule has 0 amide bonds. The molecule has 0 aliphatic carbocycles. The molecule has 1 aromatic rings. The lowest BCUT2D eigenvalue weighted by atomic mass is 9.76. The van der Waals surface area contributed by atoms with Gasteiger partial charge in [0.25, 0.3) is 0 Å². The molecule has 1 aliphatic heterocycles. The molecule has 0 saturated carbocycles. The second kappa shape index (κ2) is 6.60. The van der Waals surface area contributed by atoms with E-state index in [-0.39, 0.29) is 0 Å². The Hall–Kier alpha value is -1.36. The van der Waals surface area contributed by atoms with Gasteiger partial charge >= 0.3 is 5.97 Å². The van der Waals surface area contributed by atoms with Crippen LogP contribution in [0.1, 0.15) is 63.8 Å². The van der Waals surface area contributed by atoms with Crippen molar-refractivity contribution in [3.8, 4) is 0 Å². The fraction of sp³-hybridized carbons (Fsp3) is 0.750. The number of hydrogen-bond donors (Lipinski definition) is 1. The van der Waals surface area contributed by atoms with Gasteiger partial charge in [-0.15, -0.1) is 0 Å². The molecule has 1 fully saturated rings. The molecule has 2 rings (SSSR count). The molecule has 0 radical (unpaired) electrons. The fourth-order valence-electron chi connectivity index (χ4n) is 3.23. The van der Waals surface area contributed by atoms with Crippen molar-refractivity contribution in [3.63, 3.8) is 0 Å². The van der Waals surface area contributed by atoms with Gasteiger partial charge in [-0.25, -0.2) is 0 Å². The zero-order chi connectivity index (χ0) is 15.5. The first-order chi connectivity index (χ1) is 9.97. The third kappa shape index (κ3) is 3.64. The van der Waals surface area contributed by atoms with Crippen LogP contribution in [0.25, 0.3) is 0 Å². The number of rotatable bonds is 6. The van der Waals surface area contributed by atoms with Crippen molar-refractivity contribution in [2.45, 2.75) is 58.9 Å². The van der Waals surface area contributed by atoms with E-state index >= 15 is 0 Å². The van der Waals surface area contributed by atoms with Gasteiger partial charge in [-0.1, -0.05) is 32.3 Å². The highest BCUT2D eigenvalue weighted by molar-refractivity contribution is 5.75. The number of aromatic nitrogens is 1. The number of carbonyl (C=O) groups is 1. The van der Waals surface area contributed by atoms with Crippen LogP contribution < -0.4 is 0 Å². The average molecular weight is 294 g/mol. The predicted octanol–water partition coefficient (Wildman–Crippen LogP) is 3.26. The maximum absolute atomic E-state index is 11.7. The lowest BCUT2D eigenvalue weighted by molar-refractivity contribution is -0.153. The number of nitrogens with zero attached hydrogens (tertiary/aromatic N) is 2. The Labute approximate surface area is 126 Å². The van der Waals surface area contributed by atoms with E-state index in [9.17, 15) is 9.90 Å². The number of carboxylic acids is 1. The van der Waals surface area contributed by atoms with E-state index in [1.165, 1.54) is 0 Å². The van der Waals surface area contributed by atoms with Crippen LogP contribution >= 0.6 is 0 Å². The molecule has 1 saturated heterocycles. The maximum Gasteiger partial charge on any atom is 0.310 e. The van der Waals surface area contributed by atoms with Gasteiger partial charge in [0.1, 0.15) is 5.76 Å². The minimum atomic E-state index is -0.655. The maximum atomic E-state index is 11.7. The smallest absolute Gasteiger partial charge is 0.310 e. The SMILES string of the molecule is CCC[C@@]1(C(=O)O)CCCN(Cc2cc(C(C)C)on2)C1. The van der Waals surface area contributed by atoms with Gasteiger partial charge < -0.3 is 9.63 Å². The summed E-state index contributed by atoms with van der Waals surface area (Å²) in [7, 11) is 0. The van der Waals surface area contributed by atoms with E-state index in [1.54, 1.807) is 0 Å². The van der Waals surface area contributed by atoms with Gasteiger partial charge in [-0.3, -0.25) is 9.69 Å². The zero-order valence-corrected chi connectivity index (χ0v) is 13.3. The van der Waals surface area contributed by atoms with E-state index in [4.69, 9.17) is 4.52 Å². The first-order valence-electron chi connectivity index (χ1n) is 7.88. The van der Waals surface area contributed by atoms with Crippen LogP contribution in [0.4, 0.5) is 0 Å². The Bertz CT molecular complexity index is 480. The third-order valence-corrected chi connectivity index (χ3v) is 4.37. The monoisotopic (exact) mass is 294 g/mol. The zero-order valence-electron chi connectivity index (χ0n) is 13.3.